The molecule has 0 radical (unpaired) electrons. The van der Waals surface area contributed by atoms with Crippen molar-refractivity contribution in [1.82, 2.24) is 23.9 Å². The van der Waals surface area contributed by atoms with E-state index in [9.17, 15) is 19.2 Å². The number of likely N-dealkylation sites (tertiary alicyclic amines) is 1. The maximum absolute atomic E-state index is 14.3. The number of aryl methyl sites for hydroxylation is 1. The molecule has 0 saturated carbocycles. The van der Waals surface area contributed by atoms with Crippen molar-refractivity contribution in [1.29, 1.82) is 0 Å². The van der Waals surface area contributed by atoms with Crippen LogP contribution in [0.2, 0.25) is 0 Å². The lowest BCUT2D eigenvalue weighted by Crippen LogP contribution is -2.54. The van der Waals surface area contributed by atoms with Gasteiger partial charge in [-0.25, -0.2) is 4.79 Å². The highest BCUT2D eigenvalue weighted by atomic mass is 32.1. The molecule has 2 aliphatic rings. The minimum atomic E-state index is -0.385. The third-order valence-electron chi connectivity index (χ3n) is 9.77. The molecule has 0 N–H and O–H groups in total. The molecule has 2 amide bonds. The van der Waals surface area contributed by atoms with Crippen LogP contribution < -0.4 is 16.0 Å². The summed E-state index contributed by atoms with van der Waals surface area (Å²) in [7, 11) is 4.71. The Hall–Kier alpha value is -5.03. The molecular formula is C36H35N5O5S. The van der Waals surface area contributed by atoms with Crippen molar-refractivity contribution in [2.75, 3.05) is 26.7 Å². The van der Waals surface area contributed by atoms with Gasteiger partial charge < -0.3 is 14.5 Å². The maximum Gasteiger partial charge on any atom is 0.331 e. The van der Waals surface area contributed by atoms with E-state index >= 15 is 0 Å². The van der Waals surface area contributed by atoms with E-state index in [4.69, 9.17) is 4.74 Å². The number of piperidine rings is 1. The highest BCUT2D eigenvalue weighted by Gasteiger charge is 2.44. The molecule has 0 bridgehead atoms. The molecule has 1 saturated heterocycles. The number of rotatable bonds is 5. The molecule has 10 nitrogen and oxygen atoms in total. The standard InChI is InChI=1S/C36H35N5O5S/c1-38-33(44)30-25(21-47-34(30)39(2)35(38)45)19-29(42)40-16-13-36(14-17-40)22-41(20-24-8-4-5-12-28(24)36)32(43)27-11-7-15-37-31(27)23-9-6-10-26(18-23)46-3/h4-12,15,18,21H,13-14,16-17,19-20,22H2,1-3H3. The zero-order valence-electron chi connectivity index (χ0n) is 26.6. The van der Waals surface area contributed by atoms with Gasteiger partial charge in [-0.1, -0.05) is 36.4 Å². The van der Waals surface area contributed by atoms with Gasteiger partial charge in [-0.05, 0) is 59.2 Å². The molecule has 1 spiro atoms. The molecule has 47 heavy (non-hydrogen) atoms. The van der Waals surface area contributed by atoms with Gasteiger partial charge in [0.05, 0.1) is 30.2 Å². The molecule has 11 heteroatoms. The number of ether oxygens (including phenoxy) is 1. The number of amides is 2. The molecule has 7 rings (SSSR count). The van der Waals surface area contributed by atoms with Gasteiger partial charge in [-0.3, -0.25) is 28.5 Å². The Labute approximate surface area is 275 Å². The van der Waals surface area contributed by atoms with Crippen molar-refractivity contribution in [2.45, 2.75) is 31.2 Å². The quantitative estimate of drug-likeness (QED) is 0.284. The van der Waals surface area contributed by atoms with Crippen LogP contribution in [-0.2, 0) is 37.3 Å². The molecule has 1 fully saturated rings. The summed E-state index contributed by atoms with van der Waals surface area (Å²) in [6, 6.07) is 19.5. The zero-order chi connectivity index (χ0) is 32.9. The highest BCUT2D eigenvalue weighted by molar-refractivity contribution is 7.17. The Kier molecular flexibility index (Phi) is 7.79. The van der Waals surface area contributed by atoms with Crippen molar-refractivity contribution in [2.24, 2.45) is 14.1 Å². The first-order valence-electron chi connectivity index (χ1n) is 15.6. The third-order valence-corrected chi connectivity index (χ3v) is 10.9. The number of carbonyl (C=O) groups is 2. The second-order valence-electron chi connectivity index (χ2n) is 12.4. The van der Waals surface area contributed by atoms with Crippen LogP contribution in [-0.4, -0.2) is 62.5 Å². The van der Waals surface area contributed by atoms with Crippen LogP contribution in [0.25, 0.3) is 21.5 Å². The van der Waals surface area contributed by atoms with E-state index in [1.807, 2.05) is 57.6 Å². The summed E-state index contributed by atoms with van der Waals surface area (Å²) in [6.07, 6.45) is 3.20. The summed E-state index contributed by atoms with van der Waals surface area (Å²) in [5, 5.41) is 2.24. The Morgan fingerprint density at radius 1 is 0.957 bits per heavy atom. The first-order chi connectivity index (χ1) is 22.7. The second kappa shape index (κ2) is 12.0. The molecule has 2 aliphatic heterocycles. The van der Waals surface area contributed by atoms with Crippen molar-refractivity contribution in [3.05, 3.63) is 115 Å². The Morgan fingerprint density at radius 2 is 1.74 bits per heavy atom. The summed E-state index contributed by atoms with van der Waals surface area (Å²) in [5.41, 5.74) is 3.90. The van der Waals surface area contributed by atoms with Crippen molar-refractivity contribution >= 4 is 33.4 Å². The van der Waals surface area contributed by atoms with Gasteiger partial charge in [0.1, 0.15) is 10.6 Å². The lowest BCUT2D eigenvalue weighted by atomic mass is 9.68. The SMILES string of the molecule is COc1cccc(-c2ncccc2C(=O)N2Cc3ccccc3C3(CCN(C(=O)Cc4csc5c4c(=O)n(C)c(=O)n5C)CC3)C2)c1. The van der Waals surface area contributed by atoms with Crippen LogP contribution in [0.15, 0.2) is 81.8 Å². The molecule has 2 aromatic carbocycles. The normalized spacial score (nSPS) is 15.6. The number of hydrogen-bond donors (Lipinski definition) is 0. The summed E-state index contributed by atoms with van der Waals surface area (Å²) in [4.78, 5) is 62.2. The van der Waals surface area contributed by atoms with Gasteiger partial charge in [0, 0.05) is 57.4 Å². The van der Waals surface area contributed by atoms with Crippen LogP contribution in [0.4, 0.5) is 0 Å². The molecule has 5 heterocycles. The van der Waals surface area contributed by atoms with Crippen LogP contribution >= 0.6 is 11.3 Å². The van der Waals surface area contributed by atoms with Gasteiger partial charge >= 0.3 is 5.69 Å². The summed E-state index contributed by atoms with van der Waals surface area (Å²) in [6.45, 7) is 2.11. The number of benzene rings is 2. The van der Waals surface area contributed by atoms with Crippen molar-refractivity contribution in [3.63, 3.8) is 0 Å². The topological polar surface area (TPSA) is 107 Å². The van der Waals surface area contributed by atoms with Crippen LogP contribution in [0.1, 0.15) is 39.9 Å². The number of nitrogens with zero attached hydrogens (tertiary/aromatic N) is 5. The predicted octanol–water partition coefficient (Wildman–Crippen LogP) is 4.13. The second-order valence-corrected chi connectivity index (χ2v) is 13.3. The number of carbonyl (C=O) groups excluding carboxylic acids is 2. The van der Waals surface area contributed by atoms with E-state index in [-0.39, 0.29) is 34.9 Å². The van der Waals surface area contributed by atoms with Crippen LogP contribution in [0.3, 0.4) is 0 Å². The fourth-order valence-corrected chi connectivity index (χ4v) is 8.25. The Balaban J connectivity index is 1.13. The van der Waals surface area contributed by atoms with Gasteiger partial charge in [0.25, 0.3) is 11.5 Å². The van der Waals surface area contributed by atoms with Gasteiger partial charge in [-0.2, -0.15) is 0 Å². The largest absolute Gasteiger partial charge is 0.497 e. The third kappa shape index (κ3) is 5.24. The number of methoxy groups -OCH3 is 1. The zero-order valence-corrected chi connectivity index (χ0v) is 27.4. The lowest BCUT2D eigenvalue weighted by molar-refractivity contribution is -0.132. The van der Waals surface area contributed by atoms with Crippen molar-refractivity contribution < 1.29 is 14.3 Å². The average Bonchev–Trinajstić information content (AvgIpc) is 3.53. The Bertz CT molecular complexity index is 2160. The number of thiophene rings is 1. The van der Waals surface area contributed by atoms with Crippen molar-refractivity contribution in [3.8, 4) is 17.0 Å². The number of pyridine rings is 1. The first kappa shape index (κ1) is 30.6. The van der Waals surface area contributed by atoms with Crippen LogP contribution in [0.5, 0.6) is 5.75 Å². The van der Waals surface area contributed by atoms with E-state index in [2.05, 4.69) is 17.1 Å². The van der Waals surface area contributed by atoms with Crippen LogP contribution in [0, 0.1) is 0 Å². The fourth-order valence-electron chi connectivity index (χ4n) is 7.22. The number of fused-ring (bicyclic) bond motifs is 3. The van der Waals surface area contributed by atoms with E-state index < -0.39 is 0 Å². The molecule has 0 unspecified atom stereocenters. The predicted molar refractivity (Wildman–Crippen MR) is 181 cm³/mol. The van der Waals surface area contributed by atoms with Gasteiger partial charge in [-0.15, -0.1) is 11.3 Å². The molecule has 5 aromatic rings. The summed E-state index contributed by atoms with van der Waals surface area (Å²) >= 11 is 1.31. The summed E-state index contributed by atoms with van der Waals surface area (Å²) in [5.74, 6) is 0.563. The van der Waals surface area contributed by atoms with E-state index in [1.165, 1.54) is 28.5 Å². The smallest absolute Gasteiger partial charge is 0.331 e. The molecule has 0 atom stereocenters. The van der Waals surface area contributed by atoms with Gasteiger partial charge in [0.15, 0.2) is 0 Å². The first-order valence-corrected chi connectivity index (χ1v) is 16.5. The average molecular weight is 650 g/mol. The van der Waals surface area contributed by atoms with E-state index in [0.29, 0.717) is 71.8 Å². The molecule has 3 aromatic heterocycles. The minimum Gasteiger partial charge on any atom is -0.497 e. The lowest BCUT2D eigenvalue weighted by Gasteiger charge is -2.48. The minimum absolute atomic E-state index is 0.0502. The monoisotopic (exact) mass is 649 g/mol. The molecule has 240 valence electrons. The van der Waals surface area contributed by atoms with Gasteiger partial charge in [0.2, 0.25) is 5.91 Å². The number of hydrogen-bond acceptors (Lipinski definition) is 7. The van der Waals surface area contributed by atoms with E-state index in [0.717, 1.165) is 15.7 Å². The fraction of sp³-hybridized carbons (Fsp3) is 0.306. The molecule has 0 aliphatic carbocycles. The molecular weight excluding hydrogens is 614 g/mol. The Morgan fingerprint density at radius 3 is 2.53 bits per heavy atom. The van der Waals surface area contributed by atoms with E-state index in [1.54, 1.807) is 26.4 Å². The summed E-state index contributed by atoms with van der Waals surface area (Å²) < 4.78 is 7.97. The number of aromatic nitrogens is 3. The maximum atomic E-state index is 14.3. The highest BCUT2D eigenvalue weighted by Crippen LogP contribution is 2.42.